The number of hydrogen-bond acceptors (Lipinski definition) is 3. The van der Waals surface area contributed by atoms with Gasteiger partial charge in [0.1, 0.15) is 0 Å². The molecule has 0 aliphatic carbocycles. The first-order valence-corrected chi connectivity index (χ1v) is 6.77. The maximum Gasteiger partial charge on any atom is 0.419 e. The number of halogens is 3. The summed E-state index contributed by atoms with van der Waals surface area (Å²) in [5.74, 6) is -0.0160. The summed E-state index contributed by atoms with van der Waals surface area (Å²) < 4.78 is 40.1. The predicted octanol–water partition coefficient (Wildman–Crippen LogP) is 2.18. The highest BCUT2D eigenvalue weighted by atomic mass is 19.4. The van der Waals surface area contributed by atoms with Crippen molar-refractivity contribution in [3.05, 3.63) is 46.0 Å². The van der Waals surface area contributed by atoms with Crippen LogP contribution in [0.15, 0.2) is 29.2 Å². The van der Waals surface area contributed by atoms with E-state index < -0.39 is 17.3 Å². The van der Waals surface area contributed by atoms with E-state index in [1.165, 1.54) is 18.3 Å². The highest BCUT2D eigenvalue weighted by Crippen LogP contribution is 2.32. The van der Waals surface area contributed by atoms with Gasteiger partial charge in [-0.3, -0.25) is 9.20 Å². The third-order valence-corrected chi connectivity index (χ3v) is 3.73. The van der Waals surface area contributed by atoms with Gasteiger partial charge >= 0.3 is 6.18 Å². The van der Waals surface area contributed by atoms with Gasteiger partial charge < -0.3 is 5.32 Å². The van der Waals surface area contributed by atoms with Gasteiger partial charge in [0.15, 0.2) is 5.65 Å². The number of alkyl halides is 3. The van der Waals surface area contributed by atoms with Crippen LogP contribution in [0.4, 0.5) is 13.2 Å². The van der Waals surface area contributed by atoms with E-state index in [1.807, 2.05) is 0 Å². The Balaban J connectivity index is 2.19. The second-order valence-corrected chi connectivity index (χ2v) is 5.18. The first-order valence-electron chi connectivity index (χ1n) is 6.77. The van der Waals surface area contributed by atoms with Crippen molar-refractivity contribution in [1.29, 1.82) is 0 Å². The Morgan fingerprint density at radius 2 is 2.19 bits per heavy atom. The zero-order valence-corrected chi connectivity index (χ0v) is 11.2. The van der Waals surface area contributed by atoms with Crippen LogP contribution in [0.3, 0.4) is 0 Å². The predicted molar refractivity (Wildman–Crippen MR) is 71.3 cm³/mol. The van der Waals surface area contributed by atoms with E-state index in [-0.39, 0.29) is 11.6 Å². The molecule has 1 unspecified atom stereocenters. The molecule has 1 atom stereocenters. The Morgan fingerprint density at radius 1 is 1.38 bits per heavy atom. The molecule has 0 aromatic carbocycles. The van der Waals surface area contributed by atoms with Crippen molar-refractivity contribution < 1.29 is 13.2 Å². The van der Waals surface area contributed by atoms with E-state index in [0.717, 1.165) is 29.9 Å². The lowest BCUT2D eigenvalue weighted by Crippen LogP contribution is -2.30. The van der Waals surface area contributed by atoms with Gasteiger partial charge in [0.25, 0.3) is 5.56 Å². The minimum atomic E-state index is -4.53. The molecule has 1 saturated heterocycles. The molecule has 112 valence electrons. The van der Waals surface area contributed by atoms with Gasteiger partial charge in [0.2, 0.25) is 0 Å². The number of pyridine rings is 1. The maximum atomic E-state index is 13.1. The fourth-order valence-electron chi connectivity index (χ4n) is 2.68. The van der Waals surface area contributed by atoms with Crippen molar-refractivity contribution in [1.82, 2.24) is 14.7 Å². The van der Waals surface area contributed by atoms with Crippen LogP contribution in [0.5, 0.6) is 0 Å². The largest absolute Gasteiger partial charge is 0.419 e. The number of piperidine rings is 1. The van der Waals surface area contributed by atoms with E-state index in [4.69, 9.17) is 0 Å². The average Bonchev–Trinajstić information content (AvgIpc) is 2.46. The molecule has 1 N–H and O–H groups in total. The number of rotatable bonds is 1. The smallest absolute Gasteiger partial charge is 0.316 e. The summed E-state index contributed by atoms with van der Waals surface area (Å²) in [6.45, 7) is 1.52. The van der Waals surface area contributed by atoms with Crippen LogP contribution < -0.4 is 10.9 Å². The summed E-state index contributed by atoms with van der Waals surface area (Å²) >= 11 is 0. The SMILES string of the molecule is O=c1cc(C2CCCNC2)nc2c(C(F)(F)F)cccn12. The summed E-state index contributed by atoms with van der Waals surface area (Å²) in [6.07, 6.45) is -1.48. The first kappa shape index (κ1) is 14.1. The van der Waals surface area contributed by atoms with Crippen molar-refractivity contribution in [2.24, 2.45) is 0 Å². The molecule has 2 aromatic heterocycles. The van der Waals surface area contributed by atoms with E-state index in [0.29, 0.717) is 12.2 Å². The molecule has 2 aromatic rings. The summed E-state index contributed by atoms with van der Waals surface area (Å²) in [7, 11) is 0. The molecule has 1 fully saturated rings. The molecule has 3 rings (SSSR count). The van der Waals surface area contributed by atoms with Crippen LogP contribution in [0, 0.1) is 0 Å². The fourth-order valence-corrected chi connectivity index (χ4v) is 2.68. The maximum absolute atomic E-state index is 13.1. The second-order valence-electron chi connectivity index (χ2n) is 5.18. The highest BCUT2D eigenvalue weighted by Gasteiger charge is 2.34. The Kier molecular flexibility index (Phi) is 3.44. The molecular weight excluding hydrogens is 283 g/mol. The zero-order chi connectivity index (χ0) is 15.0. The monoisotopic (exact) mass is 297 g/mol. The molecule has 21 heavy (non-hydrogen) atoms. The van der Waals surface area contributed by atoms with Gasteiger partial charge in [-0.2, -0.15) is 13.2 Å². The van der Waals surface area contributed by atoms with Gasteiger partial charge in [0, 0.05) is 24.7 Å². The minimum absolute atomic E-state index is 0.0160. The van der Waals surface area contributed by atoms with Crippen molar-refractivity contribution >= 4 is 5.65 Å². The van der Waals surface area contributed by atoms with Crippen LogP contribution in [0.25, 0.3) is 5.65 Å². The summed E-state index contributed by atoms with van der Waals surface area (Å²) in [6, 6.07) is 3.50. The Labute approximate surface area is 118 Å². The molecule has 0 bridgehead atoms. The van der Waals surface area contributed by atoms with Gasteiger partial charge in [-0.05, 0) is 31.5 Å². The first-order chi connectivity index (χ1) is 9.97. The standard InChI is InChI=1S/C14H14F3N3O/c15-14(16,17)10-4-2-6-20-12(21)7-11(19-13(10)20)9-3-1-5-18-8-9/h2,4,6-7,9,18H,1,3,5,8H2. The van der Waals surface area contributed by atoms with Gasteiger partial charge in [-0.15, -0.1) is 0 Å². The van der Waals surface area contributed by atoms with E-state index in [9.17, 15) is 18.0 Å². The molecule has 7 heteroatoms. The molecular formula is C14H14F3N3O. The van der Waals surface area contributed by atoms with Crippen LogP contribution >= 0.6 is 0 Å². The quantitative estimate of drug-likeness (QED) is 0.877. The molecule has 3 heterocycles. The van der Waals surface area contributed by atoms with Crippen LogP contribution in [-0.4, -0.2) is 22.5 Å². The molecule has 0 saturated carbocycles. The van der Waals surface area contributed by atoms with E-state index in [2.05, 4.69) is 10.3 Å². The Hall–Kier alpha value is -1.89. The normalized spacial score (nSPS) is 19.9. The van der Waals surface area contributed by atoms with E-state index >= 15 is 0 Å². The lowest BCUT2D eigenvalue weighted by Gasteiger charge is -2.22. The third-order valence-electron chi connectivity index (χ3n) is 3.73. The Bertz CT molecular complexity index is 717. The fraction of sp³-hybridized carbons (Fsp3) is 0.429. The Morgan fingerprint density at radius 3 is 2.86 bits per heavy atom. The van der Waals surface area contributed by atoms with Gasteiger partial charge in [-0.1, -0.05) is 0 Å². The second kappa shape index (κ2) is 5.14. The lowest BCUT2D eigenvalue weighted by molar-refractivity contribution is -0.136. The van der Waals surface area contributed by atoms with Gasteiger partial charge in [-0.25, -0.2) is 4.98 Å². The van der Waals surface area contributed by atoms with Crippen LogP contribution in [-0.2, 0) is 6.18 Å². The molecule has 1 aliphatic rings. The minimum Gasteiger partial charge on any atom is -0.316 e. The number of nitrogens with one attached hydrogen (secondary N) is 1. The van der Waals surface area contributed by atoms with E-state index in [1.54, 1.807) is 0 Å². The summed E-state index contributed by atoms with van der Waals surface area (Å²) in [4.78, 5) is 16.2. The van der Waals surface area contributed by atoms with Crippen molar-refractivity contribution in [3.63, 3.8) is 0 Å². The zero-order valence-electron chi connectivity index (χ0n) is 11.2. The molecule has 0 radical (unpaired) electrons. The van der Waals surface area contributed by atoms with Gasteiger partial charge in [0.05, 0.1) is 11.3 Å². The lowest BCUT2D eigenvalue weighted by atomic mass is 9.96. The number of hydrogen-bond donors (Lipinski definition) is 1. The third kappa shape index (κ3) is 2.65. The number of nitrogens with zero attached hydrogens (tertiary/aromatic N) is 2. The molecule has 0 spiro atoms. The molecule has 4 nitrogen and oxygen atoms in total. The van der Waals surface area contributed by atoms with Crippen LogP contribution in [0.1, 0.15) is 30.0 Å². The average molecular weight is 297 g/mol. The number of aromatic nitrogens is 2. The number of fused-ring (bicyclic) bond motifs is 1. The summed E-state index contributed by atoms with van der Waals surface area (Å²) in [5.41, 5.74) is -1.25. The topological polar surface area (TPSA) is 46.4 Å². The molecule has 1 aliphatic heterocycles. The van der Waals surface area contributed by atoms with Crippen molar-refractivity contribution in [2.45, 2.75) is 24.9 Å². The highest BCUT2D eigenvalue weighted by molar-refractivity contribution is 5.49. The summed E-state index contributed by atoms with van der Waals surface area (Å²) in [5, 5.41) is 3.17. The van der Waals surface area contributed by atoms with Crippen molar-refractivity contribution in [2.75, 3.05) is 13.1 Å². The molecule has 0 amide bonds. The van der Waals surface area contributed by atoms with Crippen LogP contribution in [0.2, 0.25) is 0 Å². The van der Waals surface area contributed by atoms with Crippen molar-refractivity contribution in [3.8, 4) is 0 Å².